The van der Waals surface area contributed by atoms with Gasteiger partial charge in [-0.2, -0.15) is 0 Å². The first kappa shape index (κ1) is 15.3. The van der Waals surface area contributed by atoms with Crippen molar-refractivity contribution in [2.24, 2.45) is 10.9 Å². The van der Waals surface area contributed by atoms with E-state index >= 15 is 0 Å². The van der Waals surface area contributed by atoms with Crippen LogP contribution in [0.3, 0.4) is 0 Å². The first-order valence-corrected chi connectivity index (χ1v) is 9.73. The summed E-state index contributed by atoms with van der Waals surface area (Å²) in [5, 5.41) is 5.32. The van der Waals surface area contributed by atoms with Crippen LogP contribution in [0.25, 0.3) is 10.2 Å². The monoisotopic (exact) mass is 368 g/mol. The van der Waals surface area contributed by atoms with Crippen molar-refractivity contribution in [2.75, 3.05) is 5.32 Å². The van der Waals surface area contributed by atoms with E-state index in [1.807, 2.05) is 23.6 Å². The zero-order chi connectivity index (χ0) is 17.0. The maximum absolute atomic E-state index is 6.49. The van der Waals surface area contributed by atoms with Gasteiger partial charge in [-0.15, -0.1) is 11.3 Å². The molecule has 5 rings (SSSR count). The van der Waals surface area contributed by atoms with Crippen molar-refractivity contribution < 1.29 is 0 Å². The molecule has 1 aromatic carbocycles. The summed E-state index contributed by atoms with van der Waals surface area (Å²) in [6.07, 6.45) is 7.01. The van der Waals surface area contributed by atoms with Crippen LogP contribution in [-0.4, -0.2) is 16.2 Å². The zero-order valence-electron chi connectivity index (χ0n) is 13.8. The minimum atomic E-state index is 0.703. The molecule has 2 aromatic heterocycles. The molecule has 0 bridgehead atoms. The number of hydrogen-bond acceptors (Lipinski definition) is 5. The van der Waals surface area contributed by atoms with Crippen LogP contribution in [0.4, 0.5) is 11.5 Å². The minimum absolute atomic E-state index is 0.703. The van der Waals surface area contributed by atoms with Gasteiger partial charge in [-0.25, -0.2) is 9.97 Å². The summed E-state index contributed by atoms with van der Waals surface area (Å²) in [5.74, 6) is 1.60. The van der Waals surface area contributed by atoms with Crippen LogP contribution in [0, 0.1) is 5.92 Å². The van der Waals surface area contributed by atoms with Crippen LogP contribution in [0.2, 0.25) is 5.02 Å². The number of aliphatic imine (C=N–C) groups is 1. The predicted molar refractivity (Wildman–Crippen MR) is 105 cm³/mol. The molecular formula is C19H17ClN4S. The van der Waals surface area contributed by atoms with Crippen molar-refractivity contribution in [1.29, 1.82) is 0 Å². The lowest BCUT2D eigenvalue weighted by Gasteiger charge is -2.18. The highest BCUT2D eigenvalue weighted by atomic mass is 35.5. The fraction of sp³-hybridized carbons (Fsp3) is 0.316. The summed E-state index contributed by atoms with van der Waals surface area (Å²) in [6.45, 7) is 3.04. The quantitative estimate of drug-likeness (QED) is 0.680. The lowest BCUT2D eigenvalue weighted by Crippen LogP contribution is -2.09. The Balaban J connectivity index is 1.61. The van der Waals surface area contributed by atoms with Gasteiger partial charge in [-0.1, -0.05) is 18.5 Å². The van der Waals surface area contributed by atoms with Gasteiger partial charge < -0.3 is 5.32 Å². The Morgan fingerprint density at radius 3 is 3.12 bits per heavy atom. The Labute approximate surface area is 155 Å². The van der Waals surface area contributed by atoms with E-state index in [0.717, 1.165) is 40.7 Å². The summed E-state index contributed by atoms with van der Waals surface area (Å²) in [4.78, 5) is 15.9. The molecule has 0 saturated heterocycles. The van der Waals surface area contributed by atoms with Gasteiger partial charge in [0.2, 0.25) is 0 Å². The first-order valence-electron chi connectivity index (χ1n) is 8.53. The van der Waals surface area contributed by atoms with Crippen molar-refractivity contribution in [3.05, 3.63) is 45.1 Å². The van der Waals surface area contributed by atoms with Gasteiger partial charge in [0.25, 0.3) is 0 Å². The van der Waals surface area contributed by atoms with E-state index in [0.29, 0.717) is 11.6 Å². The second-order valence-corrected chi connectivity index (χ2v) is 8.37. The van der Waals surface area contributed by atoms with Crippen LogP contribution in [-0.2, 0) is 19.4 Å². The average molecular weight is 369 g/mol. The second kappa shape index (κ2) is 5.78. The minimum Gasteiger partial charge on any atom is -0.338 e. The van der Waals surface area contributed by atoms with E-state index in [1.165, 1.54) is 27.8 Å². The Morgan fingerprint density at radius 2 is 2.20 bits per heavy atom. The van der Waals surface area contributed by atoms with E-state index in [1.54, 1.807) is 6.33 Å². The average Bonchev–Trinajstić information content (AvgIpc) is 3.18. The molecule has 0 radical (unpaired) electrons. The maximum Gasteiger partial charge on any atom is 0.142 e. The van der Waals surface area contributed by atoms with Crippen molar-refractivity contribution in [1.82, 2.24) is 9.97 Å². The van der Waals surface area contributed by atoms with E-state index in [2.05, 4.69) is 33.3 Å². The van der Waals surface area contributed by atoms with Gasteiger partial charge in [0.1, 0.15) is 17.0 Å². The number of anilines is 2. The first-order chi connectivity index (χ1) is 12.2. The molecule has 1 aliphatic carbocycles. The third kappa shape index (κ3) is 2.53. The number of thiophene rings is 1. The summed E-state index contributed by atoms with van der Waals surface area (Å²) < 4.78 is 0. The number of aromatic nitrogens is 2. The zero-order valence-corrected chi connectivity index (χ0v) is 15.4. The molecule has 2 aliphatic rings. The van der Waals surface area contributed by atoms with Gasteiger partial charge in [0, 0.05) is 11.1 Å². The molecule has 1 atom stereocenters. The number of aryl methyl sites for hydroxylation is 1. The summed E-state index contributed by atoms with van der Waals surface area (Å²) in [7, 11) is 0. The third-order valence-electron chi connectivity index (χ3n) is 5.07. The molecule has 1 unspecified atom stereocenters. The van der Waals surface area contributed by atoms with Gasteiger partial charge in [-0.05, 0) is 54.0 Å². The van der Waals surface area contributed by atoms with E-state index in [-0.39, 0.29) is 0 Å². The normalized spacial score (nSPS) is 18.4. The number of nitrogens with one attached hydrogen (secondary N) is 1. The molecule has 1 N–H and O–H groups in total. The molecule has 0 fully saturated rings. The molecule has 1 aliphatic heterocycles. The molecular weight excluding hydrogens is 352 g/mol. The Hall–Kier alpha value is -1.98. The fourth-order valence-corrected chi connectivity index (χ4v) is 5.31. The van der Waals surface area contributed by atoms with Gasteiger partial charge in [0.05, 0.1) is 22.6 Å². The molecule has 126 valence electrons. The van der Waals surface area contributed by atoms with Crippen LogP contribution in [0.1, 0.15) is 34.9 Å². The second-order valence-electron chi connectivity index (χ2n) is 6.88. The fourth-order valence-electron chi connectivity index (χ4n) is 3.72. The smallest absolute Gasteiger partial charge is 0.142 e. The number of nitrogens with zero attached hydrogens (tertiary/aromatic N) is 3. The molecule has 3 aromatic rings. The molecule has 4 nitrogen and oxygen atoms in total. The molecule has 0 saturated carbocycles. The largest absolute Gasteiger partial charge is 0.338 e. The van der Waals surface area contributed by atoms with E-state index < -0.39 is 0 Å². The topological polar surface area (TPSA) is 50.2 Å². The summed E-state index contributed by atoms with van der Waals surface area (Å²) >= 11 is 8.29. The van der Waals surface area contributed by atoms with Crippen LogP contribution in [0.15, 0.2) is 23.5 Å². The lowest BCUT2D eigenvalue weighted by molar-refractivity contribution is 0.509. The van der Waals surface area contributed by atoms with Gasteiger partial charge in [0.15, 0.2) is 0 Å². The summed E-state index contributed by atoms with van der Waals surface area (Å²) in [6, 6.07) is 4.05. The standard InChI is InChI=1S/C19H17ClN4S/c1-10-2-3-13-16(4-10)25-19-17(13)18(22-9-23-19)24-15-6-12-8-21-7-11(12)5-14(15)20/h5-6,8-10H,2-4,7H2,1H3,(H,22,23,24). The van der Waals surface area contributed by atoms with Gasteiger partial charge >= 0.3 is 0 Å². The molecule has 0 spiro atoms. The highest BCUT2D eigenvalue weighted by molar-refractivity contribution is 7.19. The maximum atomic E-state index is 6.49. The van der Waals surface area contributed by atoms with Crippen LogP contribution >= 0.6 is 22.9 Å². The van der Waals surface area contributed by atoms with Crippen LogP contribution < -0.4 is 5.32 Å². The number of fused-ring (bicyclic) bond motifs is 4. The molecule has 3 heterocycles. The highest BCUT2D eigenvalue weighted by Crippen LogP contribution is 2.41. The lowest BCUT2D eigenvalue weighted by atomic mass is 9.89. The predicted octanol–water partition coefficient (Wildman–Crippen LogP) is 5.15. The van der Waals surface area contributed by atoms with Crippen molar-refractivity contribution in [3.8, 4) is 0 Å². The van der Waals surface area contributed by atoms with Crippen LogP contribution in [0.5, 0.6) is 0 Å². The van der Waals surface area contributed by atoms with Gasteiger partial charge in [-0.3, -0.25) is 4.99 Å². The number of hydrogen-bond donors (Lipinski definition) is 1. The SMILES string of the molecule is CC1CCc2c(sc3ncnc(Nc4cc5c(cc4Cl)CN=C5)c23)C1. The number of benzene rings is 1. The molecule has 0 amide bonds. The van der Waals surface area contributed by atoms with E-state index in [4.69, 9.17) is 11.6 Å². The van der Waals surface area contributed by atoms with E-state index in [9.17, 15) is 0 Å². The Bertz CT molecular complexity index is 1020. The summed E-state index contributed by atoms with van der Waals surface area (Å²) in [5.41, 5.74) is 4.58. The number of rotatable bonds is 2. The van der Waals surface area contributed by atoms with Crippen molar-refractivity contribution in [3.63, 3.8) is 0 Å². The highest BCUT2D eigenvalue weighted by Gasteiger charge is 2.23. The number of halogens is 1. The molecule has 6 heteroatoms. The molecule has 25 heavy (non-hydrogen) atoms. The van der Waals surface area contributed by atoms with Crippen molar-refractivity contribution in [2.45, 2.75) is 32.7 Å². The Morgan fingerprint density at radius 1 is 1.28 bits per heavy atom. The van der Waals surface area contributed by atoms with Crippen molar-refractivity contribution >= 4 is 50.9 Å². The Kier molecular flexibility index (Phi) is 3.54. The third-order valence-corrected chi connectivity index (χ3v) is 6.54.